The number of halogens is 1. The Kier molecular flexibility index (Phi) is 5.03. The lowest BCUT2D eigenvalue weighted by atomic mass is 9.73. The largest absolute Gasteiger partial charge is 0.262 e. The quantitative estimate of drug-likeness (QED) is 0.441. The summed E-state index contributed by atoms with van der Waals surface area (Å²) in [5, 5.41) is 8.55. The number of fused-ring (bicyclic) bond motifs is 1. The number of pyridine rings is 1. The molecule has 5 heteroatoms. The van der Waals surface area contributed by atoms with Crippen LogP contribution in [0.1, 0.15) is 55.8 Å². The molecule has 2 aromatic heterocycles. The number of nitrogens with zero attached hydrogens (tertiary/aromatic N) is 3. The van der Waals surface area contributed by atoms with E-state index < -0.39 is 0 Å². The predicted molar refractivity (Wildman–Crippen MR) is 117 cm³/mol. The zero-order valence-electron chi connectivity index (χ0n) is 17.1. The average molecular weight is 401 g/mol. The lowest BCUT2D eigenvalue weighted by Crippen LogP contribution is -2.19. The number of aromatic amines is 1. The highest BCUT2D eigenvalue weighted by Crippen LogP contribution is 2.42. The Bertz CT molecular complexity index is 1150. The maximum absolute atomic E-state index is 13.8. The van der Waals surface area contributed by atoms with Gasteiger partial charge in [0.05, 0.1) is 5.52 Å². The first-order chi connectivity index (χ1) is 14.7. The molecular formula is C25H25FN4. The fraction of sp³-hybridized carbons (Fsp3) is 0.320. The van der Waals surface area contributed by atoms with Crippen molar-refractivity contribution in [3.05, 3.63) is 78.0 Å². The van der Waals surface area contributed by atoms with Crippen LogP contribution in [0.15, 0.2) is 60.8 Å². The smallest absolute Gasteiger partial charge is 0.181 e. The number of H-pyrrole nitrogens is 1. The van der Waals surface area contributed by atoms with E-state index in [9.17, 15) is 4.39 Å². The van der Waals surface area contributed by atoms with Crippen LogP contribution >= 0.6 is 0 Å². The van der Waals surface area contributed by atoms with Gasteiger partial charge in [0.25, 0.3) is 0 Å². The van der Waals surface area contributed by atoms with E-state index in [0.29, 0.717) is 17.8 Å². The third kappa shape index (κ3) is 3.60. The van der Waals surface area contributed by atoms with Gasteiger partial charge in [-0.3, -0.25) is 10.1 Å². The van der Waals surface area contributed by atoms with Gasteiger partial charge < -0.3 is 0 Å². The van der Waals surface area contributed by atoms with Crippen LogP contribution in [0, 0.1) is 11.7 Å². The summed E-state index contributed by atoms with van der Waals surface area (Å²) < 4.78 is 13.8. The lowest BCUT2D eigenvalue weighted by Gasteiger charge is -2.32. The second-order valence-corrected chi connectivity index (χ2v) is 8.37. The van der Waals surface area contributed by atoms with Gasteiger partial charge in [-0.05, 0) is 67.3 Å². The monoisotopic (exact) mass is 400 g/mol. The Morgan fingerprint density at radius 2 is 1.80 bits per heavy atom. The van der Waals surface area contributed by atoms with Crippen molar-refractivity contribution in [1.29, 1.82) is 0 Å². The van der Waals surface area contributed by atoms with Gasteiger partial charge in [0, 0.05) is 23.1 Å². The average Bonchev–Trinajstić information content (AvgIpc) is 3.29. The summed E-state index contributed by atoms with van der Waals surface area (Å²) in [6.45, 7) is 2.25. The van der Waals surface area contributed by atoms with Crippen LogP contribution in [0.3, 0.4) is 0 Å². The molecule has 0 radical (unpaired) electrons. The molecule has 0 spiro atoms. The molecule has 1 aliphatic rings. The summed E-state index contributed by atoms with van der Waals surface area (Å²) in [5.41, 5.74) is 3.14. The molecule has 0 aliphatic heterocycles. The summed E-state index contributed by atoms with van der Waals surface area (Å²) >= 11 is 0. The number of aromatic nitrogens is 4. The molecule has 1 aliphatic carbocycles. The summed E-state index contributed by atoms with van der Waals surface area (Å²) in [6, 6.07) is 17.0. The highest BCUT2D eigenvalue weighted by Gasteiger charge is 2.29. The van der Waals surface area contributed by atoms with E-state index >= 15 is 0 Å². The Morgan fingerprint density at radius 3 is 2.60 bits per heavy atom. The van der Waals surface area contributed by atoms with Gasteiger partial charge in [0.1, 0.15) is 11.6 Å². The van der Waals surface area contributed by atoms with Crippen molar-refractivity contribution < 1.29 is 4.39 Å². The molecule has 152 valence electrons. The van der Waals surface area contributed by atoms with Crippen LogP contribution in [-0.2, 0) is 0 Å². The molecule has 1 N–H and O–H groups in total. The summed E-state index contributed by atoms with van der Waals surface area (Å²) in [4.78, 5) is 9.17. The molecule has 0 bridgehead atoms. The van der Waals surface area contributed by atoms with Gasteiger partial charge in [0.15, 0.2) is 5.82 Å². The molecule has 30 heavy (non-hydrogen) atoms. The van der Waals surface area contributed by atoms with Gasteiger partial charge in [-0.1, -0.05) is 37.3 Å². The van der Waals surface area contributed by atoms with Crippen LogP contribution in [-0.4, -0.2) is 20.2 Å². The molecule has 0 amide bonds. The van der Waals surface area contributed by atoms with Gasteiger partial charge in [-0.2, -0.15) is 5.10 Å². The second kappa shape index (κ2) is 7.98. The van der Waals surface area contributed by atoms with Crippen molar-refractivity contribution in [1.82, 2.24) is 20.2 Å². The number of benzene rings is 2. The fourth-order valence-corrected chi connectivity index (χ4v) is 4.84. The second-order valence-electron chi connectivity index (χ2n) is 8.37. The third-order valence-electron chi connectivity index (χ3n) is 6.62. The van der Waals surface area contributed by atoms with E-state index in [1.165, 1.54) is 11.6 Å². The molecule has 0 saturated heterocycles. The molecule has 0 unspecified atom stereocenters. The van der Waals surface area contributed by atoms with Crippen LogP contribution < -0.4 is 0 Å². The van der Waals surface area contributed by atoms with Crippen molar-refractivity contribution in [2.24, 2.45) is 5.92 Å². The number of nitrogens with one attached hydrogen (secondary N) is 1. The van der Waals surface area contributed by atoms with Crippen molar-refractivity contribution in [3.63, 3.8) is 0 Å². The minimum absolute atomic E-state index is 0.196. The highest BCUT2D eigenvalue weighted by molar-refractivity contribution is 5.82. The van der Waals surface area contributed by atoms with Crippen LogP contribution in [0.2, 0.25) is 0 Å². The molecule has 2 heterocycles. The first kappa shape index (κ1) is 18.9. The number of hydrogen-bond acceptors (Lipinski definition) is 3. The molecule has 4 nitrogen and oxygen atoms in total. The number of rotatable bonds is 4. The van der Waals surface area contributed by atoms with E-state index in [0.717, 1.165) is 53.8 Å². The summed E-state index contributed by atoms with van der Waals surface area (Å²) in [7, 11) is 0. The first-order valence-corrected chi connectivity index (χ1v) is 10.7. The van der Waals surface area contributed by atoms with Gasteiger partial charge in [0.2, 0.25) is 0 Å². The van der Waals surface area contributed by atoms with Crippen LogP contribution in [0.4, 0.5) is 4.39 Å². The third-order valence-corrected chi connectivity index (χ3v) is 6.62. The lowest BCUT2D eigenvalue weighted by molar-refractivity contribution is 0.286. The van der Waals surface area contributed by atoms with E-state index in [-0.39, 0.29) is 5.82 Å². The Balaban J connectivity index is 1.30. The zero-order valence-corrected chi connectivity index (χ0v) is 17.1. The van der Waals surface area contributed by atoms with E-state index in [4.69, 9.17) is 4.98 Å². The van der Waals surface area contributed by atoms with E-state index in [1.807, 2.05) is 36.5 Å². The minimum Gasteiger partial charge on any atom is -0.262 e. The SMILES string of the molecule is C[C@H](c1nc(-c2ccccc2)n[nH]1)C1CCC(c2ccnc3ccc(F)cc23)CC1. The minimum atomic E-state index is -0.196. The summed E-state index contributed by atoms with van der Waals surface area (Å²) in [5.74, 6) is 2.89. The van der Waals surface area contributed by atoms with E-state index in [2.05, 4.69) is 28.2 Å². The zero-order chi connectivity index (χ0) is 20.5. The van der Waals surface area contributed by atoms with Crippen LogP contribution in [0.25, 0.3) is 22.3 Å². The van der Waals surface area contributed by atoms with Crippen molar-refractivity contribution in [3.8, 4) is 11.4 Å². The maximum Gasteiger partial charge on any atom is 0.181 e. The van der Waals surface area contributed by atoms with Gasteiger partial charge in [-0.25, -0.2) is 9.37 Å². The Labute approximate surface area is 175 Å². The molecule has 1 fully saturated rings. The molecule has 1 atom stereocenters. The molecule has 4 aromatic rings. The van der Waals surface area contributed by atoms with Crippen LogP contribution in [0.5, 0.6) is 0 Å². The number of hydrogen-bond donors (Lipinski definition) is 1. The Morgan fingerprint density at radius 1 is 1.00 bits per heavy atom. The van der Waals surface area contributed by atoms with Crippen molar-refractivity contribution in [2.45, 2.75) is 44.4 Å². The molecule has 2 aromatic carbocycles. The molecule has 1 saturated carbocycles. The van der Waals surface area contributed by atoms with Gasteiger partial charge in [-0.15, -0.1) is 0 Å². The Hall–Kier alpha value is -3.08. The topological polar surface area (TPSA) is 54.5 Å². The highest BCUT2D eigenvalue weighted by atomic mass is 19.1. The standard InChI is InChI=1S/C25H25FN4/c1-16(24-28-25(30-29-24)19-5-3-2-4-6-19)17-7-9-18(10-8-17)21-13-14-27-23-12-11-20(26)15-22(21)23/h2-6,11-18H,7-10H2,1H3,(H,28,29,30)/t16-,17?,18?/m0/s1. The summed E-state index contributed by atoms with van der Waals surface area (Å²) in [6.07, 6.45) is 6.32. The van der Waals surface area contributed by atoms with Crippen molar-refractivity contribution >= 4 is 10.9 Å². The predicted octanol–water partition coefficient (Wildman–Crippen LogP) is 6.24. The van der Waals surface area contributed by atoms with E-state index in [1.54, 1.807) is 12.1 Å². The first-order valence-electron chi connectivity index (χ1n) is 10.7. The normalized spacial score (nSPS) is 20.3. The van der Waals surface area contributed by atoms with Crippen molar-refractivity contribution in [2.75, 3.05) is 0 Å². The van der Waals surface area contributed by atoms with Gasteiger partial charge >= 0.3 is 0 Å². The molecule has 5 rings (SSSR count). The maximum atomic E-state index is 13.8. The fourth-order valence-electron chi connectivity index (χ4n) is 4.84. The molecular weight excluding hydrogens is 375 g/mol.